The van der Waals surface area contributed by atoms with Crippen LogP contribution in [0.15, 0.2) is 0 Å². The molecular formula is C4H4NZn. The first kappa shape index (κ1) is 4.28. The zero-order valence-corrected chi connectivity index (χ0v) is 6.54. The summed E-state index contributed by atoms with van der Waals surface area (Å²) in [6.45, 7) is 0. The van der Waals surface area contributed by atoms with Gasteiger partial charge in [0.1, 0.15) is 0 Å². The Morgan fingerprint density at radius 3 is 2.17 bits per heavy atom. The van der Waals surface area contributed by atoms with Crippen LogP contribution in [-0.4, -0.2) is 0 Å². The molecule has 0 aromatic heterocycles. The van der Waals surface area contributed by atoms with Gasteiger partial charge in [0, 0.05) is 0 Å². The normalized spacial score (nSPS) is 25.5. The van der Waals surface area contributed by atoms with Gasteiger partial charge in [0.25, 0.3) is 0 Å². The monoisotopic (exact) mass is 130 g/mol. The summed E-state index contributed by atoms with van der Waals surface area (Å²) in [4.78, 5) is 0. The van der Waals surface area contributed by atoms with Crippen molar-refractivity contribution >= 4 is 0 Å². The van der Waals surface area contributed by atoms with Gasteiger partial charge in [-0.15, -0.1) is 0 Å². The Labute approximate surface area is 47.0 Å². The van der Waals surface area contributed by atoms with E-state index in [0.29, 0.717) is 0 Å². The molecule has 0 unspecified atom stereocenters. The standard InChI is InChI=1S/C4H4N.Zn/c5-3-4-1-2-4;/h1-2H2;. The van der Waals surface area contributed by atoms with Gasteiger partial charge < -0.3 is 0 Å². The molecule has 0 atom stereocenters. The van der Waals surface area contributed by atoms with Gasteiger partial charge >= 0.3 is 46.5 Å². The van der Waals surface area contributed by atoms with Crippen molar-refractivity contribution in [3.05, 3.63) is 0 Å². The van der Waals surface area contributed by atoms with E-state index in [-0.39, 0.29) is 4.01 Å². The van der Waals surface area contributed by atoms with Crippen LogP contribution in [-0.2, 0) is 18.3 Å². The van der Waals surface area contributed by atoms with Crippen molar-refractivity contribution in [3.63, 3.8) is 0 Å². The molecule has 1 rings (SSSR count). The minimum absolute atomic E-state index is 0.222. The molecule has 6 heavy (non-hydrogen) atoms. The second-order valence-electron chi connectivity index (χ2n) is 1.89. The Balaban J connectivity index is 2.54. The van der Waals surface area contributed by atoms with Crippen molar-refractivity contribution in [2.24, 2.45) is 0 Å². The zero-order chi connectivity index (χ0) is 4.62. The van der Waals surface area contributed by atoms with Crippen LogP contribution in [0.5, 0.6) is 0 Å². The summed E-state index contributed by atoms with van der Waals surface area (Å²) >= 11 is 1.17. The molecule has 0 radical (unpaired) electrons. The van der Waals surface area contributed by atoms with E-state index >= 15 is 0 Å². The first-order valence-corrected chi connectivity index (χ1v) is 3.52. The summed E-state index contributed by atoms with van der Waals surface area (Å²) in [6.07, 6.45) is 2.34. The Hall–Kier alpha value is 0.113. The summed E-state index contributed by atoms with van der Waals surface area (Å²) in [5.74, 6) is 0. The van der Waals surface area contributed by atoms with Gasteiger partial charge in [-0.05, 0) is 0 Å². The Morgan fingerprint density at radius 1 is 1.67 bits per heavy atom. The molecule has 0 amide bonds. The van der Waals surface area contributed by atoms with Gasteiger partial charge in [-0.25, -0.2) is 0 Å². The summed E-state index contributed by atoms with van der Waals surface area (Å²) in [5, 5.41) is 8.25. The summed E-state index contributed by atoms with van der Waals surface area (Å²) in [6, 6.07) is 2.27. The second-order valence-corrected chi connectivity index (χ2v) is 4.73. The molecule has 0 heterocycles. The van der Waals surface area contributed by atoms with Gasteiger partial charge in [-0.3, -0.25) is 0 Å². The van der Waals surface area contributed by atoms with Crippen LogP contribution in [0.2, 0.25) is 4.01 Å². The SMILES string of the molecule is N#C[C]1([Zn])CC1. The number of hydrogen-bond donors (Lipinski definition) is 0. The van der Waals surface area contributed by atoms with E-state index in [1.165, 1.54) is 31.1 Å². The molecule has 0 N–H and O–H groups in total. The van der Waals surface area contributed by atoms with Crippen LogP contribution in [0.3, 0.4) is 0 Å². The zero-order valence-electron chi connectivity index (χ0n) is 3.57. The van der Waals surface area contributed by atoms with Gasteiger partial charge in [0.05, 0.1) is 0 Å². The predicted octanol–water partition coefficient (Wildman–Crippen LogP) is 1.01. The Kier molecular flexibility index (Phi) is 0.743. The van der Waals surface area contributed by atoms with Crippen LogP contribution in [0.25, 0.3) is 0 Å². The number of nitriles is 1. The van der Waals surface area contributed by atoms with Crippen molar-refractivity contribution in [3.8, 4) is 6.07 Å². The van der Waals surface area contributed by atoms with Crippen LogP contribution in [0, 0.1) is 11.3 Å². The topological polar surface area (TPSA) is 23.8 Å². The molecule has 0 saturated heterocycles. The van der Waals surface area contributed by atoms with Gasteiger partial charge in [0.2, 0.25) is 0 Å². The fraction of sp³-hybridized carbons (Fsp3) is 0.750. The molecule has 0 aromatic carbocycles. The van der Waals surface area contributed by atoms with Crippen molar-refractivity contribution < 1.29 is 18.3 Å². The molecule has 0 aliphatic heterocycles. The molecule has 0 bridgehead atoms. The first-order valence-electron chi connectivity index (χ1n) is 2.03. The Morgan fingerprint density at radius 2 is 2.17 bits per heavy atom. The van der Waals surface area contributed by atoms with Crippen LogP contribution in [0.1, 0.15) is 12.8 Å². The maximum absolute atomic E-state index is 8.25. The van der Waals surface area contributed by atoms with Crippen molar-refractivity contribution in [2.75, 3.05) is 0 Å². The molecule has 0 aromatic rings. The van der Waals surface area contributed by atoms with Crippen molar-refractivity contribution in [1.29, 1.82) is 5.26 Å². The van der Waals surface area contributed by atoms with E-state index in [9.17, 15) is 0 Å². The van der Waals surface area contributed by atoms with E-state index < -0.39 is 0 Å². The van der Waals surface area contributed by atoms with E-state index in [2.05, 4.69) is 6.07 Å². The molecule has 2 heteroatoms. The molecule has 1 nitrogen and oxygen atoms in total. The third kappa shape index (κ3) is 0.606. The van der Waals surface area contributed by atoms with E-state index in [1.807, 2.05) is 0 Å². The van der Waals surface area contributed by atoms with Crippen LogP contribution >= 0.6 is 0 Å². The fourth-order valence-corrected chi connectivity index (χ4v) is 0.634. The van der Waals surface area contributed by atoms with Gasteiger partial charge in [0.15, 0.2) is 0 Å². The fourth-order valence-electron chi connectivity index (χ4n) is 0.263. The minimum atomic E-state index is 0.222. The predicted molar refractivity (Wildman–Crippen MR) is 17.5 cm³/mol. The van der Waals surface area contributed by atoms with Crippen LogP contribution in [0.4, 0.5) is 0 Å². The average molecular weight is 131 g/mol. The average Bonchev–Trinajstić information content (AvgIpc) is 2.22. The summed E-state index contributed by atoms with van der Waals surface area (Å²) in [7, 11) is 0. The third-order valence-corrected chi connectivity index (χ3v) is 2.91. The second kappa shape index (κ2) is 1.04. The summed E-state index contributed by atoms with van der Waals surface area (Å²) < 4.78 is 0.222. The molecule has 1 aliphatic rings. The van der Waals surface area contributed by atoms with E-state index in [1.54, 1.807) is 0 Å². The van der Waals surface area contributed by atoms with Crippen molar-refractivity contribution in [2.45, 2.75) is 16.9 Å². The first-order chi connectivity index (χ1) is 2.77. The molecule has 1 aliphatic carbocycles. The van der Waals surface area contributed by atoms with Crippen LogP contribution < -0.4 is 0 Å². The number of nitrogens with zero attached hydrogens (tertiary/aromatic N) is 1. The number of hydrogen-bond acceptors (Lipinski definition) is 1. The summed E-state index contributed by atoms with van der Waals surface area (Å²) in [5.41, 5.74) is 0. The Bertz CT molecular complexity index is 98.6. The number of rotatable bonds is 0. The van der Waals surface area contributed by atoms with E-state index in [0.717, 1.165) is 0 Å². The van der Waals surface area contributed by atoms with Gasteiger partial charge in [-0.1, -0.05) is 0 Å². The van der Waals surface area contributed by atoms with E-state index in [4.69, 9.17) is 5.26 Å². The third-order valence-electron chi connectivity index (χ3n) is 1.09. The quantitative estimate of drug-likeness (QED) is 0.450. The molecule has 27 valence electrons. The molecular weight excluding hydrogens is 127 g/mol. The van der Waals surface area contributed by atoms with Gasteiger partial charge in [-0.2, -0.15) is 0 Å². The molecule has 1 saturated carbocycles. The van der Waals surface area contributed by atoms with Crippen molar-refractivity contribution in [1.82, 2.24) is 0 Å². The molecule has 0 spiro atoms. The maximum atomic E-state index is 8.25. The molecule has 1 fully saturated rings.